The van der Waals surface area contributed by atoms with Gasteiger partial charge in [0.1, 0.15) is 0 Å². The Balaban J connectivity index is 2.12. The minimum atomic E-state index is -0.0705. The van der Waals surface area contributed by atoms with Crippen LogP contribution in [0.3, 0.4) is 0 Å². The number of nitrogens with zero attached hydrogens (tertiary/aromatic N) is 2. The maximum atomic E-state index is 9.59. The second-order valence-corrected chi connectivity index (χ2v) is 7.95. The third-order valence-electron chi connectivity index (χ3n) is 4.91. The Morgan fingerprint density at radius 3 is 2.42 bits per heavy atom. The van der Waals surface area contributed by atoms with Gasteiger partial charge in [-0.3, -0.25) is 0 Å². The SMILES string of the molecule is CC1=CC(C)(C)N(C)c2cc(Cl)c(/C=C(\C#N)c3ccc(Cl)cc3)cc21. The van der Waals surface area contributed by atoms with Gasteiger partial charge in [0, 0.05) is 28.3 Å². The van der Waals surface area contributed by atoms with Crippen molar-refractivity contribution >= 4 is 46.1 Å². The fourth-order valence-electron chi connectivity index (χ4n) is 3.26. The number of allylic oxidation sites excluding steroid dienone is 2. The first-order valence-corrected chi connectivity index (χ1v) is 9.13. The number of rotatable bonds is 2. The minimum absolute atomic E-state index is 0.0705. The zero-order valence-corrected chi connectivity index (χ0v) is 16.8. The molecule has 0 spiro atoms. The number of hydrogen-bond acceptors (Lipinski definition) is 2. The molecule has 0 amide bonds. The van der Waals surface area contributed by atoms with Gasteiger partial charge in [-0.25, -0.2) is 0 Å². The third-order valence-corrected chi connectivity index (χ3v) is 5.49. The second-order valence-electron chi connectivity index (χ2n) is 7.11. The number of benzene rings is 2. The summed E-state index contributed by atoms with van der Waals surface area (Å²) >= 11 is 12.5. The van der Waals surface area contributed by atoms with Crippen molar-refractivity contribution in [2.45, 2.75) is 26.3 Å². The zero-order valence-electron chi connectivity index (χ0n) is 15.3. The van der Waals surface area contributed by atoms with E-state index in [1.165, 1.54) is 5.57 Å². The lowest BCUT2D eigenvalue weighted by Crippen LogP contribution is -2.42. The molecule has 0 saturated heterocycles. The van der Waals surface area contributed by atoms with Crippen LogP contribution < -0.4 is 4.90 Å². The Kier molecular flexibility index (Phi) is 4.88. The van der Waals surface area contributed by atoms with Crippen LogP contribution in [-0.4, -0.2) is 12.6 Å². The molecule has 132 valence electrons. The van der Waals surface area contributed by atoms with Crippen molar-refractivity contribution in [3.8, 4) is 6.07 Å². The van der Waals surface area contributed by atoms with E-state index in [0.29, 0.717) is 15.6 Å². The highest BCUT2D eigenvalue weighted by atomic mass is 35.5. The van der Waals surface area contributed by atoms with Gasteiger partial charge in [0.05, 0.1) is 17.2 Å². The number of anilines is 1. The Morgan fingerprint density at radius 2 is 1.81 bits per heavy atom. The van der Waals surface area contributed by atoms with Crippen molar-refractivity contribution in [1.29, 1.82) is 5.26 Å². The van der Waals surface area contributed by atoms with E-state index >= 15 is 0 Å². The molecule has 3 rings (SSSR count). The highest BCUT2D eigenvalue weighted by Gasteiger charge is 2.29. The van der Waals surface area contributed by atoms with E-state index in [2.05, 4.69) is 50.9 Å². The van der Waals surface area contributed by atoms with E-state index in [9.17, 15) is 5.26 Å². The van der Waals surface area contributed by atoms with Gasteiger partial charge in [-0.05, 0) is 67.8 Å². The van der Waals surface area contributed by atoms with Gasteiger partial charge >= 0.3 is 0 Å². The van der Waals surface area contributed by atoms with Gasteiger partial charge in [-0.1, -0.05) is 41.4 Å². The fourth-order valence-corrected chi connectivity index (χ4v) is 3.60. The highest BCUT2D eigenvalue weighted by molar-refractivity contribution is 6.33. The quantitative estimate of drug-likeness (QED) is 0.427. The predicted octanol–water partition coefficient (Wildman–Crippen LogP) is 6.69. The molecule has 0 aromatic heterocycles. The number of hydrogen-bond donors (Lipinski definition) is 0. The minimum Gasteiger partial charge on any atom is -0.365 e. The van der Waals surface area contributed by atoms with E-state index in [1.54, 1.807) is 12.1 Å². The molecule has 26 heavy (non-hydrogen) atoms. The summed E-state index contributed by atoms with van der Waals surface area (Å²) in [4.78, 5) is 2.22. The number of fused-ring (bicyclic) bond motifs is 1. The topological polar surface area (TPSA) is 27.0 Å². The summed E-state index contributed by atoms with van der Waals surface area (Å²) < 4.78 is 0. The lowest BCUT2D eigenvalue weighted by Gasteiger charge is -2.40. The molecule has 4 heteroatoms. The average Bonchev–Trinajstić information content (AvgIpc) is 2.59. The first-order chi connectivity index (χ1) is 12.2. The lowest BCUT2D eigenvalue weighted by molar-refractivity contribution is 0.598. The van der Waals surface area contributed by atoms with Crippen LogP contribution in [0, 0.1) is 11.3 Å². The van der Waals surface area contributed by atoms with Gasteiger partial charge in [-0.15, -0.1) is 0 Å². The van der Waals surface area contributed by atoms with Crippen LogP contribution in [0.25, 0.3) is 17.2 Å². The number of likely N-dealkylation sites (N-methyl/N-ethyl adjacent to an activating group) is 1. The van der Waals surface area contributed by atoms with Crippen LogP contribution in [-0.2, 0) is 0 Å². The van der Waals surface area contributed by atoms with Crippen molar-refractivity contribution in [2.24, 2.45) is 0 Å². The Hall–Kier alpha value is -2.21. The van der Waals surface area contributed by atoms with Crippen LogP contribution in [0.15, 0.2) is 42.5 Å². The molecule has 0 fully saturated rings. The molecule has 0 bridgehead atoms. The molecule has 0 radical (unpaired) electrons. The van der Waals surface area contributed by atoms with Gasteiger partial charge in [0.15, 0.2) is 0 Å². The van der Waals surface area contributed by atoms with Gasteiger partial charge < -0.3 is 4.90 Å². The van der Waals surface area contributed by atoms with E-state index in [4.69, 9.17) is 23.2 Å². The first-order valence-electron chi connectivity index (χ1n) is 8.38. The largest absolute Gasteiger partial charge is 0.365 e. The Morgan fingerprint density at radius 1 is 1.15 bits per heavy atom. The van der Waals surface area contributed by atoms with E-state index in [1.807, 2.05) is 24.3 Å². The maximum absolute atomic E-state index is 9.59. The number of nitriles is 1. The van der Waals surface area contributed by atoms with Gasteiger partial charge in [0.25, 0.3) is 0 Å². The van der Waals surface area contributed by atoms with Crippen LogP contribution in [0.4, 0.5) is 5.69 Å². The van der Waals surface area contributed by atoms with Crippen LogP contribution in [0.5, 0.6) is 0 Å². The van der Waals surface area contributed by atoms with Gasteiger partial charge in [0.2, 0.25) is 0 Å². The summed E-state index contributed by atoms with van der Waals surface area (Å²) in [5.41, 5.74) is 5.57. The average molecular weight is 383 g/mol. The van der Waals surface area contributed by atoms with Crippen molar-refractivity contribution in [2.75, 3.05) is 11.9 Å². The van der Waals surface area contributed by atoms with E-state index in [0.717, 1.165) is 22.4 Å². The molecule has 1 aliphatic heterocycles. The Labute approximate surface area is 165 Å². The molecule has 0 N–H and O–H groups in total. The molecule has 0 atom stereocenters. The molecule has 0 unspecified atom stereocenters. The second kappa shape index (κ2) is 6.83. The Bertz CT molecular complexity index is 961. The lowest BCUT2D eigenvalue weighted by atomic mass is 9.88. The van der Waals surface area contributed by atoms with E-state index in [-0.39, 0.29) is 5.54 Å². The molecular weight excluding hydrogens is 363 g/mol. The zero-order chi connectivity index (χ0) is 19.1. The van der Waals surface area contributed by atoms with Crippen molar-refractivity contribution in [1.82, 2.24) is 0 Å². The maximum Gasteiger partial charge on any atom is 0.0998 e. The monoisotopic (exact) mass is 382 g/mol. The number of halogens is 2. The van der Waals surface area contributed by atoms with Crippen molar-refractivity contribution < 1.29 is 0 Å². The van der Waals surface area contributed by atoms with Crippen LogP contribution >= 0.6 is 23.2 Å². The third kappa shape index (κ3) is 3.38. The van der Waals surface area contributed by atoms with Crippen LogP contribution in [0.1, 0.15) is 37.5 Å². The van der Waals surface area contributed by atoms with Crippen molar-refractivity contribution in [3.05, 3.63) is 69.2 Å². The van der Waals surface area contributed by atoms with E-state index < -0.39 is 0 Å². The van der Waals surface area contributed by atoms with Crippen LogP contribution in [0.2, 0.25) is 10.0 Å². The normalized spacial score (nSPS) is 16.0. The summed E-state index contributed by atoms with van der Waals surface area (Å²) in [6, 6.07) is 13.5. The molecule has 0 aliphatic carbocycles. The molecule has 1 heterocycles. The van der Waals surface area contributed by atoms with Crippen molar-refractivity contribution in [3.63, 3.8) is 0 Å². The first kappa shape index (κ1) is 18.6. The summed E-state index contributed by atoms with van der Waals surface area (Å²) in [6.45, 7) is 6.46. The standard InChI is InChI=1S/C22H20Cl2N2/c1-14-12-22(2,3)26(4)21-11-20(24)16(10-19(14)21)9-17(13-25)15-5-7-18(23)8-6-15/h5-12H,1-4H3/b17-9+. The molecule has 0 saturated carbocycles. The molecular formula is C22H20Cl2N2. The molecule has 2 aromatic rings. The summed E-state index contributed by atoms with van der Waals surface area (Å²) in [6.07, 6.45) is 4.08. The smallest absolute Gasteiger partial charge is 0.0998 e. The highest BCUT2D eigenvalue weighted by Crippen LogP contribution is 2.41. The predicted molar refractivity (Wildman–Crippen MR) is 113 cm³/mol. The van der Waals surface area contributed by atoms with Gasteiger partial charge in [-0.2, -0.15) is 5.26 Å². The molecule has 2 nitrogen and oxygen atoms in total. The molecule has 1 aliphatic rings. The fraction of sp³-hybridized carbons (Fsp3) is 0.227. The summed E-state index contributed by atoms with van der Waals surface area (Å²) in [7, 11) is 2.07. The summed E-state index contributed by atoms with van der Waals surface area (Å²) in [5.74, 6) is 0. The molecule has 2 aromatic carbocycles. The summed E-state index contributed by atoms with van der Waals surface area (Å²) in [5, 5.41) is 10.9.